The third kappa shape index (κ3) is 2.70. The smallest absolute Gasteiger partial charge is 0.339 e. The standard InChI is InChI=1S/C13H17BrN2O3/c14-12-5-9(13(17)18)11(19-12)6-15-10-7-16-3-1-8(10)2-4-16/h5,8,10,15H,1-4,6-7H2,(H,17,18)/t10-/m0/s1. The second-order valence-corrected chi connectivity index (χ2v) is 6.10. The first-order valence-electron chi connectivity index (χ1n) is 6.60. The average molecular weight is 329 g/mol. The van der Waals surface area contributed by atoms with Gasteiger partial charge in [0, 0.05) is 18.7 Å². The van der Waals surface area contributed by atoms with E-state index >= 15 is 0 Å². The number of nitrogens with zero attached hydrogens (tertiary/aromatic N) is 1. The molecule has 0 saturated carbocycles. The molecule has 3 saturated heterocycles. The lowest BCUT2D eigenvalue weighted by Crippen LogP contribution is -2.55. The van der Waals surface area contributed by atoms with Crippen molar-refractivity contribution >= 4 is 21.9 Å². The van der Waals surface area contributed by atoms with Gasteiger partial charge in [-0.2, -0.15) is 0 Å². The Labute approximate surface area is 120 Å². The number of piperidine rings is 3. The Morgan fingerprint density at radius 1 is 1.53 bits per heavy atom. The minimum Gasteiger partial charge on any atom is -0.478 e. The normalized spacial score (nSPS) is 29.6. The number of nitrogens with one attached hydrogen (secondary N) is 1. The number of carbonyl (C=O) groups is 1. The summed E-state index contributed by atoms with van der Waals surface area (Å²) in [5.41, 5.74) is 0.237. The van der Waals surface area contributed by atoms with E-state index in [1.54, 1.807) is 0 Å². The number of halogens is 1. The molecule has 19 heavy (non-hydrogen) atoms. The lowest BCUT2D eigenvalue weighted by molar-refractivity contribution is 0.0680. The number of furan rings is 1. The van der Waals surface area contributed by atoms with E-state index in [0.29, 0.717) is 23.0 Å². The third-order valence-electron chi connectivity index (χ3n) is 4.19. The average Bonchev–Trinajstić information content (AvgIpc) is 2.79. The van der Waals surface area contributed by atoms with Gasteiger partial charge in [0.05, 0.1) is 6.54 Å². The van der Waals surface area contributed by atoms with Crippen molar-refractivity contribution in [2.75, 3.05) is 19.6 Å². The molecule has 1 aromatic rings. The highest BCUT2D eigenvalue weighted by Crippen LogP contribution is 2.28. The molecule has 5 nitrogen and oxygen atoms in total. The van der Waals surface area contributed by atoms with Gasteiger partial charge in [0.1, 0.15) is 11.3 Å². The zero-order valence-electron chi connectivity index (χ0n) is 10.6. The first kappa shape index (κ1) is 13.1. The highest BCUT2D eigenvalue weighted by molar-refractivity contribution is 9.10. The summed E-state index contributed by atoms with van der Waals surface area (Å²) >= 11 is 3.18. The van der Waals surface area contributed by atoms with Gasteiger partial charge in [0.25, 0.3) is 0 Å². The van der Waals surface area contributed by atoms with E-state index in [9.17, 15) is 4.79 Å². The van der Waals surface area contributed by atoms with Crippen LogP contribution in [0.25, 0.3) is 0 Å². The van der Waals surface area contributed by atoms with Crippen LogP contribution in [0.15, 0.2) is 15.2 Å². The first-order chi connectivity index (χ1) is 9.13. The predicted molar refractivity (Wildman–Crippen MR) is 73.2 cm³/mol. The highest BCUT2D eigenvalue weighted by atomic mass is 79.9. The Morgan fingerprint density at radius 3 is 2.84 bits per heavy atom. The van der Waals surface area contributed by atoms with Crippen LogP contribution >= 0.6 is 15.9 Å². The van der Waals surface area contributed by atoms with Gasteiger partial charge in [-0.05, 0) is 47.8 Å². The molecule has 0 unspecified atom stereocenters. The van der Waals surface area contributed by atoms with Gasteiger partial charge >= 0.3 is 5.97 Å². The summed E-state index contributed by atoms with van der Waals surface area (Å²) in [5, 5.41) is 12.6. The fourth-order valence-electron chi connectivity index (χ4n) is 3.13. The van der Waals surface area contributed by atoms with E-state index in [1.807, 2.05) is 0 Å². The lowest BCUT2D eigenvalue weighted by atomic mass is 9.84. The molecule has 3 aliphatic heterocycles. The van der Waals surface area contributed by atoms with Crippen molar-refractivity contribution in [2.45, 2.75) is 25.4 Å². The van der Waals surface area contributed by atoms with E-state index in [2.05, 4.69) is 26.1 Å². The van der Waals surface area contributed by atoms with Crippen LogP contribution in [-0.4, -0.2) is 41.7 Å². The molecule has 1 atom stereocenters. The molecule has 6 heteroatoms. The largest absolute Gasteiger partial charge is 0.478 e. The molecule has 0 amide bonds. The highest BCUT2D eigenvalue weighted by Gasteiger charge is 2.34. The Hall–Kier alpha value is -0.850. The number of aromatic carboxylic acids is 1. The third-order valence-corrected chi connectivity index (χ3v) is 4.58. The predicted octanol–water partition coefficient (Wildman–Crippen LogP) is 1.92. The zero-order valence-corrected chi connectivity index (χ0v) is 12.1. The van der Waals surface area contributed by atoms with Crippen molar-refractivity contribution in [3.8, 4) is 0 Å². The molecule has 0 radical (unpaired) electrons. The van der Waals surface area contributed by atoms with E-state index in [4.69, 9.17) is 9.52 Å². The summed E-state index contributed by atoms with van der Waals surface area (Å²) in [6, 6.07) is 1.96. The molecule has 0 spiro atoms. The number of carboxylic acid groups (broad SMARTS) is 1. The van der Waals surface area contributed by atoms with Crippen LogP contribution in [-0.2, 0) is 6.54 Å². The fraction of sp³-hybridized carbons (Fsp3) is 0.615. The van der Waals surface area contributed by atoms with Crippen LogP contribution in [0.5, 0.6) is 0 Å². The maximum Gasteiger partial charge on any atom is 0.339 e. The van der Waals surface area contributed by atoms with Crippen LogP contribution in [0.1, 0.15) is 29.0 Å². The molecule has 0 aliphatic carbocycles. The van der Waals surface area contributed by atoms with Crippen molar-refractivity contribution in [1.29, 1.82) is 0 Å². The molecule has 2 bridgehead atoms. The minimum absolute atomic E-state index is 0.237. The second-order valence-electron chi connectivity index (χ2n) is 5.32. The quantitative estimate of drug-likeness (QED) is 0.884. The second kappa shape index (κ2) is 5.26. The summed E-state index contributed by atoms with van der Waals surface area (Å²) in [5.74, 6) is 0.271. The van der Waals surface area contributed by atoms with Crippen molar-refractivity contribution in [3.05, 3.63) is 22.1 Å². The number of fused-ring (bicyclic) bond motifs is 3. The summed E-state index contributed by atoms with van der Waals surface area (Å²) in [6.07, 6.45) is 2.48. The summed E-state index contributed by atoms with van der Waals surface area (Å²) in [7, 11) is 0. The fourth-order valence-corrected chi connectivity index (χ4v) is 3.55. The molecule has 4 rings (SSSR count). The monoisotopic (exact) mass is 328 g/mol. The Bertz CT molecular complexity index is 480. The van der Waals surface area contributed by atoms with Crippen molar-refractivity contribution < 1.29 is 14.3 Å². The Kier molecular flexibility index (Phi) is 3.64. The van der Waals surface area contributed by atoms with Crippen LogP contribution in [0.3, 0.4) is 0 Å². The van der Waals surface area contributed by atoms with Gasteiger partial charge in [-0.15, -0.1) is 0 Å². The van der Waals surface area contributed by atoms with Gasteiger partial charge in [-0.3, -0.25) is 0 Å². The Balaban J connectivity index is 1.65. The van der Waals surface area contributed by atoms with E-state index in [1.165, 1.54) is 32.0 Å². The van der Waals surface area contributed by atoms with Crippen LogP contribution in [0.2, 0.25) is 0 Å². The summed E-state index contributed by atoms with van der Waals surface area (Å²) in [4.78, 5) is 13.6. The topological polar surface area (TPSA) is 65.7 Å². The SMILES string of the molecule is O=C(O)c1cc(Br)oc1CN[C@H]1CN2CCC1CC2. The van der Waals surface area contributed by atoms with E-state index in [-0.39, 0.29) is 5.56 Å². The van der Waals surface area contributed by atoms with Crippen molar-refractivity contribution in [1.82, 2.24) is 10.2 Å². The molecule has 0 aromatic carbocycles. The number of rotatable bonds is 4. The summed E-state index contributed by atoms with van der Waals surface area (Å²) in [6.45, 7) is 3.95. The molecular formula is C13H17BrN2O3. The molecule has 4 heterocycles. The maximum atomic E-state index is 11.1. The minimum atomic E-state index is -0.944. The number of hydrogen-bond donors (Lipinski definition) is 2. The number of hydrogen-bond acceptors (Lipinski definition) is 4. The van der Waals surface area contributed by atoms with E-state index in [0.717, 1.165) is 12.5 Å². The van der Waals surface area contributed by atoms with Crippen molar-refractivity contribution in [3.63, 3.8) is 0 Å². The van der Waals surface area contributed by atoms with Gasteiger partial charge < -0.3 is 19.7 Å². The maximum absolute atomic E-state index is 11.1. The Morgan fingerprint density at radius 2 is 2.26 bits per heavy atom. The van der Waals surface area contributed by atoms with Crippen molar-refractivity contribution in [2.24, 2.45) is 5.92 Å². The van der Waals surface area contributed by atoms with Gasteiger partial charge in [-0.25, -0.2) is 4.79 Å². The van der Waals surface area contributed by atoms with Crippen LogP contribution in [0.4, 0.5) is 0 Å². The van der Waals surface area contributed by atoms with Gasteiger partial charge in [0.2, 0.25) is 0 Å². The molecular weight excluding hydrogens is 312 g/mol. The summed E-state index contributed by atoms with van der Waals surface area (Å²) < 4.78 is 5.87. The molecule has 1 aromatic heterocycles. The number of carboxylic acids is 1. The van der Waals surface area contributed by atoms with Gasteiger partial charge in [-0.1, -0.05) is 0 Å². The van der Waals surface area contributed by atoms with Gasteiger partial charge in [0.15, 0.2) is 4.67 Å². The molecule has 3 aliphatic rings. The molecule has 2 N–H and O–H groups in total. The first-order valence-corrected chi connectivity index (χ1v) is 7.40. The molecule has 104 valence electrons. The molecule has 3 fully saturated rings. The lowest BCUT2D eigenvalue weighted by Gasteiger charge is -2.45. The van der Waals surface area contributed by atoms with Crippen LogP contribution < -0.4 is 5.32 Å². The van der Waals surface area contributed by atoms with Crippen LogP contribution in [0, 0.1) is 5.92 Å². The van der Waals surface area contributed by atoms with E-state index < -0.39 is 5.97 Å². The zero-order chi connectivity index (χ0) is 13.4.